The molecule has 0 aromatic carbocycles. The second-order valence-corrected chi connectivity index (χ2v) is 10.1. The summed E-state index contributed by atoms with van der Waals surface area (Å²) in [5.41, 5.74) is 4.68. The smallest absolute Gasteiger partial charge is 0.145 e. The third-order valence-electron chi connectivity index (χ3n) is 8.36. The van der Waals surface area contributed by atoms with Crippen molar-refractivity contribution in [3.8, 4) is 0 Å². The molecule has 0 saturated heterocycles. The van der Waals surface area contributed by atoms with Crippen LogP contribution in [0.1, 0.15) is 85.5 Å². The third kappa shape index (κ3) is 3.51. The highest BCUT2D eigenvalue weighted by molar-refractivity contribution is 5.73. The van der Waals surface area contributed by atoms with Crippen LogP contribution in [0, 0.1) is 28.6 Å². The zero-order valence-corrected chi connectivity index (χ0v) is 17.4. The average molecular weight is 355 g/mol. The standard InChI is InChI=1S/C25H38O/c1-18(2)21-12-16-25(5)22(21)13-15-24(4)14-11-20(17-26)8-6-7-19(3)9-10-23(24)25/h7,11,17,21-23H,1,6,8-10,12-16H2,2-5H3/b19-7+,20-11-/t21-,22-,23-,24+,25-/m1/s1. The quantitative estimate of drug-likeness (QED) is 0.383. The first-order valence-electron chi connectivity index (χ1n) is 10.8. The van der Waals surface area contributed by atoms with E-state index in [1.165, 1.54) is 49.7 Å². The molecule has 0 aromatic heterocycles. The van der Waals surface area contributed by atoms with Crippen LogP contribution in [-0.4, -0.2) is 6.29 Å². The average Bonchev–Trinajstić information content (AvgIpc) is 2.92. The molecule has 3 rings (SSSR count). The van der Waals surface area contributed by atoms with E-state index in [0.717, 1.165) is 48.9 Å². The monoisotopic (exact) mass is 354 g/mol. The molecule has 0 bridgehead atoms. The molecule has 3 aliphatic rings. The summed E-state index contributed by atoms with van der Waals surface area (Å²) < 4.78 is 0. The number of carbonyl (C=O) groups excluding carboxylic acids is 1. The Morgan fingerprint density at radius 1 is 1.15 bits per heavy atom. The van der Waals surface area contributed by atoms with E-state index in [1.807, 2.05) is 0 Å². The minimum atomic E-state index is 0.327. The minimum absolute atomic E-state index is 0.327. The zero-order chi connectivity index (χ0) is 18.9. The zero-order valence-electron chi connectivity index (χ0n) is 17.4. The fourth-order valence-corrected chi connectivity index (χ4v) is 6.78. The summed E-state index contributed by atoms with van der Waals surface area (Å²) in [5.74, 6) is 2.27. The van der Waals surface area contributed by atoms with E-state index in [4.69, 9.17) is 0 Å². The molecule has 0 unspecified atom stereocenters. The molecule has 0 aromatic rings. The first kappa shape index (κ1) is 19.6. The summed E-state index contributed by atoms with van der Waals surface area (Å²) in [5, 5.41) is 0. The van der Waals surface area contributed by atoms with Crippen LogP contribution in [0.3, 0.4) is 0 Å². The number of hydrogen-bond donors (Lipinski definition) is 0. The van der Waals surface area contributed by atoms with E-state index in [0.29, 0.717) is 10.8 Å². The molecular formula is C25H38O. The Bertz CT molecular complexity index is 624. The van der Waals surface area contributed by atoms with Gasteiger partial charge in [0.25, 0.3) is 0 Å². The van der Waals surface area contributed by atoms with E-state index in [2.05, 4.69) is 46.4 Å². The normalized spacial score (nSPS) is 45.2. The number of fused-ring (bicyclic) bond motifs is 3. The van der Waals surface area contributed by atoms with Gasteiger partial charge in [0.05, 0.1) is 0 Å². The highest BCUT2D eigenvalue weighted by atomic mass is 16.1. The van der Waals surface area contributed by atoms with E-state index < -0.39 is 0 Å². The molecule has 0 aliphatic heterocycles. The van der Waals surface area contributed by atoms with Crippen LogP contribution in [0.4, 0.5) is 0 Å². The second kappa shape index (κ2) is 7.49. The Morgan fingerprint density at radius 3 is 2.62 bits per heavy atom. The summed E-state index contributed by atoms with van der Waals surface area (Å²) in [6.07, 6.45) is 16.6. The number of allylic oxidation sites excluding steroid dienone is 5. The Hall–Kier alpha value is -1.11. The molecule has 0 amide bonds. The maximum atomic E-state index is 11.5. The molecule has 2 saturated carbocycles. The summed E-state index contributed by atoms with van der Waals surface area (Å²) in [4.78, 5) is 11.5. The van der Waals surface area contributed by atoms with Gasteiger partial charge in [0.2, 0.25) is 0 Å². The predicted molar refractivity (Wildman–Crippen MR) is 111 cm³/mol. The van der Waals surface area contributed by atoms with Gasteiger partial charge < -0.3 is 0 Å². The highest BCUT2D eigenvalue weighted by Crippen LogP contribution is 2.65. The second-order valence-electron chi connectivity index (χ2n) is 10.1. The Morgan fingerprint density at radius 2 is 1.92 bits per heavy atom. The lowest BCUT2D eigenvalue weighted by molar-refractivity contribution is -0.105. The summed E-state index contributed by atoms with van der Waals surface area (Å²) in [6.45, 7) is 14.0. The van der Waals surface area contributed by atoms with Crippen molar-refractivity contribution in [1.82, 2.24) is 0 Å². The Kier molecular flexibility index (Phi) is 5.66. The molecule has 0 radical (unpaired) electrons. The molecule has 3 aliphatic carbocycles. The third-order valence-corrected chi connectivity index (χ3v) is 8.36. The van der Waals surface area contributed by atoms with Crippen LogP contribution in [0.25, 0.3) is 0 Å². The Balaban J connectivity index is 1.96. The summed E-state index contributed by atoms with van der Waals surface area (Å²) in [6, 6.07) is 0. The number of aldehydes is 1. The summed E-state index contributed by atoms with van der Waals surface area (Å²) in [7, 11) is 0. The Labute approximate surface area is 161 Å². The molecular weight excluding hydrogens is 316 g/mol. The molecule has 1 heteroatoms. The molecule has 26 heavy (non-hydrogen) atoms. The SMILES string of the molecule is C=C(C)[C@H]1CC[C@]2(C)[C@@H]1CC[C@]1(C)C/C=C(\C=O)CC/C=C(\C)CC[C@H]12. The lowest BCUT2D eigenvalue weighted by Gasteiger charge is -2.55. The van der Waals surface area contributed by atoms with Crippen molar-refractivity contribution in [3.63, 3.8) is 0 Å². The lowest BCUT2D eigenvalue weighted by Crippen LogP contribution is -2.47. The topological polar surface area (TPSA) is 17.1 Å². The fraction of sp³-hybridized carbons (Fsp3) is 0.720. The summed E-state index contributed by atoms with van der Waals surface area (Å²) >= 11 is 0. The predicted octanol–water partition coefficient (Wildman–Crippen LogP) is 7.05. The first-order chi connectivity index (χ1) is 12.3. The van der Waals surface area contributed by atoms with Gasteiger partial charge in [0.15, 0.2) is 0 Å². The molecule has 0 heterocycles. The van der Waals surface area contributed by atoms with Gasteiger partial charge in [-0.15, -0.1) is 0 Å². The van der Waals surface area contributed by atoms with Crippen molar-refractivity contribution in [2.24, 2.45) is 28.6 Å². The van der Waals surface area contributed by atoms with Gasteiger partial charge in [-0.05, 0) is 106 Å². The van der Waals surface area contributed by atoms with Crippen LogP contribution in [0.2, 0.25) is 0 Å². The van der Waals surface area contributed by atoms with Gasteiger partial charge in [-0.3, -0.25) is 4.79 Å². The fourth-order valence-electron chi connectivity index (χ4n) is 6.78. The van der Waals surface area contributed by atoms with E-state index in [9.17, 15) is 4.79 Å². The van der Waals surface area contributed by atoms with E-state index in [-0.39, 0.29) is 0 Å². The lowest BCUT2D eigenvalue weighted by atomic mass is 9.49. The molecule has 1 nitrogen and oxygen atoms in total. The van der Waals surface area contributed by atoms with Gasteiger partial charge in [-0.2, -0.15) is 0 Å². The van der Waals surface area contributed by atoms with Crippen LogP contribution >= 0.6 is 0 Å². The van der Waals surface area contributed by atoms with Gasteiger partial charge in [-0.25, -0.2) is 0 Å². The highest BCUT2D eigenvalue weighted by Gasteiger charge is 2.57. The molecule has 144 valence electrons. The maximum Gasteiger partial charge on any atom is 0.145 e. The van der Waals surface area contributed by atoms with Crippen molar-refractivity contribution in [1.29, 1.82) is 0 Å². The van der Waals surface area contributed by atoms with Gasteiger partial charge in [0, 0.05) is 0 Å². The van der Waals surface area contributed by atoms with Crippen molar-refractivity contribution in [3.05, 3.63) is 35.5 Å². The van der Waals surface area contributed by atoms with Crippen LogP contribution in [0.15, 0.2) is 35.5 Å². The molecule has 0 spiro atoms. The molecule has 5 atom stereocenters. The van der Waals surface area contributed by atoms with Gasteiger partial charge >= 0.3 is 0 Å². The van der Waals surface area contributed by atoms with Gasteiger partial charge in [-0.1, -0.05) is 43.7 Å². The number of hydrogen-bond acceptors (Lipinski definition) is 1. The maximum absolute atomic E-state index is 11.5. The van der Waals surface area contributed by atoms with Gasteiger partial charge in [0.1, 0.15) is 6.29 Å². The number of rotatable bonds is 2. The molecule has 2 fully saturated rings. The first-order valence-corrected chi connectivity index (χ1v) is 10.8. The number of carbonyl (C=O) groups is 1. The van der Waals surface area contributed by atoms with Crippen molar-refractivity contribution in [2.75, 3.05) is 0 Å². The van der Waals surface area contributed by atoms with E-state index in [1.54, 1.807) is 0 Å². The van der Waals surface area contributed by atoms with Crippen LogP contribution in [0.5, 0.6) is 0 Å². The van der Waals surface area contributed by atoms with E-state index >= 15 is 0 Å². The van der Waals surface area contributed by atoms with Crippen LogP contribution in [-0.2, 0) is 4.79 Å². The van der Waals surface area contributed by atoms with Crippen molar-refractivity contribution < 1.29 is 4.79 Å². The van der Waals surface area contributed by atoms with Crippen LogP contribution < -0.4 is 0 Å². The molecule has 0 N–H and O–H groups in total. The van der Waals surface area contributed by atoms with Crippen molar-refractivity contribution in [2.45, 2.75) is 85.5 Å². The van der Waals surface area contributed by atoms with Crippen molar-refractivity contribution >= 4 is 6.29 Å². The largest absolute Gasteiger partial charge is 0.298 e. The minimum Gasteiger partial charge on any atom is -0.298 e.